The molecule has 1 radical (unpaired) electrons. The molecule has 1 heteroatoms. The molecule has 0 aromatic heterocycles. The molecule has 1 nitrogen and oxygen atoms in total. The van der Waals surface area contributed by atoms with Gasteiger partial charge in [-0.15, -0.1) is 6.58 Å². The van der Waals surface area contributed by atoms with Gasteiger partial charge in [-0.05, 0) is 24.1 Å². The van der Waals surface area contributed by atoms with E-state index in [9.17, 15) is 0 Å². The highest BCUT2D eigenvalue weighted by Crippen LogP contribution is 2.10. The van der Waals surface area contributed by atoms with Crippen molar-refractivity contribution in [2.45, 2.75) is 6.42 Å². The molecule has 1 aromatic rings. The summed E-state index contributed by atoms with van der Waals surface area (Å²) in [4.78, 5) is 0. The van der Waals surface area contributed by atoms with Gasteiger partial charge >= 0.3 is 0 Å². The lowest BCUT2D eigenvalue weighted by atomic mass is 10.1. The summed E-state index contributed by atoms with van der Waals surface area (Å²) in [6.07, 6.45) is 2.76. The van der Waals surface area contributed by atoms with Crippen LogP contribution in [0.5, 0.6) is 5.75 Å². The van der Waals surface area contributed by atoms with Crippen molar-refractivity contribution in [3.8, 4) is 5.75 Å². The van der Waals surface area contributed by atoms with Crippen LogP contribution in [0.15, 0.2) is 30.9 Å². The topological polar surface area (TPSA) is 9.23 Å². The first-order chi connectivity index (χ1) is 5.36. The summed E-state index contributed by atoms with van der Waals surface area (Å²) in [5.41, 5.74) is 1.21. The molecule has 0 fully saturated rings. The van der Waals surface area contributed by atoms with Gasteiger partial charge in [0, 0.05) is 6.07 Å². The Kier molecular flexibility index (Phi) is 2.73. The van der Waals surface area contributed by atoms with Gasteiger partial charge in [0.1, 0.15) is 5.75 Å². The predicted octanol–water partition coefficient (Wildman–Crippen LogP) is 2.22. The Morgan fingerprint density at radius 3 is 2.91 bits per heavy atom. The summed E-state index contributed by atoms with van der Waals surface area (Å²) >= 11 is 0. The second kappa shape index (κ2) is 3.81. The van der Waals surface area contributed by atoms with Crippen LogP contribution in [0.4, 0.5) is 0 Å². The summed E-state index contributed by atoms with van der Waals surface area (Å²) in [5, 5.41) is 0. The molecule has 0 aliphatic heterocycles. The summed E-state index contributed by atoms with van der Waals surface area (Å²) in [6, 6.07) is 8.83. The summed E-state index contributed by atoms with van der Waals surface area (Å²) in [5.74, 6) is 0.776. The Balaban J connectivity index is 2.74. The van der Waals surface area contributed by atoms with E-state index < -0.39 is 0 Å². The van der Waals surface area contributed by atoms with Crippen LogP contribution in [0.3, 0.4) is 0 Å². The second-order valence-electron chi connectivity index (χ2n) is 2.26. The monoisotopic (exact) mass is 147 g/mol. The second-order valence-corrected chi connectivity index (χ2v) is 2.26. The number of methoxy groups -OCH3 is 1. The predicted molar refractivity (Wildman–Crippen MR) is 45.7 cm³/mol. The summed E-state index contributed by atoms with van der Waals surface area (Å²) < 4.78 is 4.97. The van der Waals surface area contributed by atoms with Crippen molar-refractivity contribution in [2.24, 2.45) is 0 Å². The van der Waals surface area contributed by atoms with Gasteiger partial charge in [-0.3, -0.25) is 0 Å². The SMILES string of the molecule is C=CCc1c[c]c(OC)cc1. The van der Waals surface area contributed by atoms with Crippen molar-refractivity contribution < 1.29 is 4.74 Å². The number of rotatable bonds is 3. The van der Waals surface area contributed by atoms with Crippen LogP contribution < -0.4 is 4.74 Å². The third-order valence-electron chi connectivity index (χ3n) is 1.45. The van der Waals surface area contributed by atoms with Gasteiger partial charge in [-0.2, -0.15) is 0 Å². The number of ether oxygens (including phenoxy) is 1. The maximum Gasteiger partial charge on any atom is 0.126 e. The zero-order valence-electron chi connectivity index (χ0n) is 6.63. The normalized spacial score (nSPS) is 9.18. The maximum absolute atomic E-state index is 4.97. The van der Waals surface area contributed by atoms with E-state index in [1.807, 2.05) is 24.3 Å². The first-order valence-corrected chi connectivity index (χ1v) is 3.52. The van der Waals surface area contributed by atoms with Gasteiger partial charge in [-0.1, -0.05) is 12.1 Å². The zero-order valence-corrected chi connectivity index (χ0v) is 6.63. The molecule has 0 spiro atoms. The third-order valence-corrected chi connectivity index (χ3v) is 1.45. The van der Waals surface area contributed by atoms with E-state index in [1.165, 1.54) is 5.56 Å². The minimum Gasteiger partial charge on any atom is -0.496 e. The van der Waals surface area contributed by atoms with E-state index in [1.54, 1.807) is 7.11 Å². The largest absolute Gasteiger partial charge is 0.496 e. The average molecular weight is 147 g/mol. The number of hydrogen-bond donors (Lipinski definition) is 0. The van der Waals surface area contributed by atoms with E-state index in [4.69, 9.17) is 4.74 Å². The quantitative estimate of drug-likeness (QED) is 0.596. The van der Waals surface area contributed by atoms with Crippen molar-refractivity contribution in [1.82, 2.24) is 0 Å². The Bertz CT molecular complexity index is 223. The lowest BCUT2D eigenvalue weighted by molar-refractivity contribution is 0.414. The Labute approximate surface area is 67.3 Å². The van der Waals surface area contributed by atoms with E-state index >= 15 is 0 Å². The highest BCUT2D eigenvalue weighted by atomic mass is 16.5. The highest BCUT2D eigenvalue weighted by Gasteiger charge is 1.90. The highest BCUT2D eigenvalue weighted by molar-refractivity contribution is 5.26. The molecule has 0 amide bonds. The molecule has 0 bridgehead atoms. The maximum atomic E-state index is 4.97. The Morgan fingerprint density at radius 1 is 1.64 bits per heavy atom. The average Bonchev–Trinajstić information content (AvgIpc) is 2.07. The van der Waals surface area contributed by atoms with E-state index in [0.29, 0.717) is 0 Å². The molecule has 0 aliphatic carbocycles. The van der Waals surface area contributed by atoms with Crippen LogP contribution in [0.2, 0.25) is 0 Å². The van der Waals surface area contributed by atoms with Gasteiger partial charge < -0.3 is 4.74 Å². The fraction of sp³-hybridized carbons (Fsp3) is 0.200. The number of hydrogen-bond acceptors (Lipinski definition) is 1. The van der Waals surface area contributed by atoms with Crippen LogP contribution in [0.1, 0.15) is 5.56 Å². The molecule has 0 atom stereocenters. The third kappa shape index (κ3) is 2.11. The van der Waals surface area contributed by atoms with Crippen molar-refractivity contribution in [1.29, 1.82) is 0 Å². The van der Waals surface area contributed by atoms with Crippen molar-refractivity contribution in [3.63, 3.8) is 0 Å². The fourth-order valence-corrected chi connectivity index (χ4v) is 0.863. The minimum absolute atomic E-state index is 0.776. The van der Waals surface area contributed by atoms with E-state index in [0.717, 1.165) is 12.2 Å². The van der Waals surface area contributed by atoms with Gasteiger partial charge in [0.05, 0.1) is 7.11 Å². The van der Waals surface area contributed by atoms with Gasteiger partial charge in [0.25, 0.3) is 0 Å². The van der Waals surface area contributed by atoms with E-state index in [-0.39, 0.29) is 0 Å². The van der Waals surface area contributed by atoms with Gasteiger partial charge in [0.2, 0.25) is 0 Å². The molecule has 0 saturated heterocycles. The van der Waals surface area contributed by atoms with Crippen LogP contribution in [0.25, 0.3) is 0 Å². The molecular formula is C10H11O. The van der Waals surface area contributed by atoms with E-state index in [2.05, 4.69) is 12.6 Å². The lowest BCUT2D eigenvalue weighted by Gasteiger charge is -1.99. The smallest absolute Gasteiger partial charge is 0.126 e. The molecule has 57 valence electrons. The first kappa shape index (κ1) is 7.86. The molecule has 1 rings (SSSR count). The fourth-order valence-electron chi connectivity index (χ4n) is 0.863. The zero-order chi connectivity index (χ0) is 8.10. The summed E-state index contributed by atoms with van der Waals surface area (Å²) in [6.45, 7) is 3.65. The number of benzene rings is 1. The molecule has 0 unspecified atom stereocenters. The first-order valence-electron chi connectivity index (χ1n) is 3.52. The molecule has 0 heterocycles. The minimum atomic E-state index is 0.776. The van der Waals surface area contributed by atoms with Crippen molar-refractivity contribution >= 4 is 0 Å². The number of allylic oxidation sites excluding steroid dienone is 1. The standard InChI is InChI=1S/C10H11O/c1-3-4-9-5-7-10(11-2)8-6-9/h3,5-7H,1,4H2,2H3. The summed E-state index contributed by atoms with van der Waals surface area (Å²) in [7, 11) is 1.64. The Morgan fingerprint density at radius 2 is 2.45 bits per heavy atom. The molecule has 0 N–H and O–H groups in total. The molecular weight excluding hydrogens is 136 g/mol. The molecule has 0 aliphatic rings. The van der Waals surface area contributed by atoms with Crippen LogP contribution in [-0.2, 0) is 6.42 Å². The molecule has 11 heavy (non-hydrogen) atoms. The van der Waals surface area contributed by atoms with Gasteiger partial charge in [0.15, 0.2) is 0 Å². The van der Waals surface area contributed by atoms with Crippen LogP contribution in [0, 0.1) is 6.07 Å². The van der Waals surface area contributed by atoms with Crippen LogP contribution in [-0.4, -0.2) is 7.11 Å². The molecule has 1 aromatic carbocycles. The lowest BCUT2D eigenvalue weighted by Crippen LogP contribution is -1.84. The molecule has 0 saturated carbocycles. The van der Waals surface area contributed by atoms with Crippen molar-refractivity contribution in [2.75, 3.05) is 7.11 Å². The van der Waals surface area contributed by atoms with Gasteiger partial charge in [-0.25, -0.2) is 0 Å². The Hall–Kier alpha value is -1.24. The van der Waals surface area contributed by atoms with Crippen molar-refractivity contribution in [3.05, 3.63) is 42.5 Å². The van der Waals surface area contributed by atoms with Crippen LogP contribution >= 0.6 is 0 Å².